The molecule has 0 radical (unpaired) electrons. The highest BCUT2D eigenvalue weighted by Gasteiger charge is 2.37. The standard InChI is InChI=1S/2C22H42N4O7S4.C16H24N4O4S.C2H6OS.2H2/c1-13(30)18(15(3)37-10-7-29)26-21(32)17(12-36-9-6-28)24-20(31)16(11-35-8-5-27)25-22(33)19(23-4)14(2)34;1-13(30)18(14(2)36-9-6-28)26-21(32)17(12-35-8-5-27)25-20(31)16(11-34)24-22(33)19(23-4)15(3)37-10-7-29;1-6-11(9(3)21)19-14(22)8(2)18-15(23)12-7-25-10(4)13(17-5)16(24)20-12;3-1-2-4;;/h14-19,23,27-29,34H,5-12H2,1-4H3,(H,24,31)(H,25,33)(H,26,32);14-19,23,27-29,34H,5-12H2,1-4H3,(H,24,33)(H,25,31)(H,26,32);6,10,12-13,17H,2,7H2,1,3-5H3,(H,18,23)(H,19,22)(H,20,24);3-4H,1-2H2;2*1H/b;;11-6-;;;. The second-order valence-corrected chi connectivity index (χ2v) is 33.1. The number of thiol groups is 3. The van der Waals surface area contributed by atoms with E-state index in [2.05, 4.69) is 108 Å². The molecule has 1 fully saturated rings. The van der Waals surface area contributed by atoms with Crippen LogP contribution in [0.1, 0.15) is 65.2 Å². The molecule has 0 aromatic heterocycles. The van der Waals surface area contributed by atoms with Gasteiger partial charge in [0.05, 0.1) is 87.9 Å². The van der Waals surface area contributed by atoms with Crippen molar-refractivity contribution in [2.45, 2.75) is 149 Å². The number of aliphatic hydroxyl groups excluding tert-OH is 7. The van der Waals surface area contributed by atoms with Crippen molar-refractivity contribution in [3.8, 4) is 0 Å². The largest absolute Gasteiger partial charge is 0.396 e. The number of thioether (sulfide) groups is 7. The molecule has 9 amide bonds. The summed E-state index contributed by atoms with van der Waals surface area (Å²) in [7, 11) is 4.92. The van der Waals surface area contributed by atoms with Gasteiger partial charge in [-0.3, -0.25) is 57.5 Å². The van der Waals surface area contributed by atoms with Gasteiger partial charge in [-0.15, -0.1) is 0 Å². The molecule has 0 aliphatic carbocycles. The molecule has 600 valence electrons. The number of amides is 9. The zero-order valence-electron chi connectivity index (χ0n) is 60.6. The van der Waals surface area contributed by atoms with Gasteiger partial charge in [0.25, 0.3) is 5.91 Å². The lowest BCUT2D eigenvalue weighted by atomic mass is 10.1. The third kappa shape index (κ3) is 44.8. The Morgan fingerprint density at radius 3 is 1.25 bits per heavy atom. The molecule has 0 aromatic carbocycles. The normalized spacial score (nSPS) is 17.7. The Bertz CT molecular complexity index is 2620. The van der Waals surface area contributed by atoms with E-state index in [1.807, 2.05) is 13.8 Å². The van der Waals surface area contributed by atoms with Crippen molar-refractivity contribution in [2.75, 3.05) is 136 Å². The van der Waals surface area contributed by atoms with Crippen molar-refractivity contribution >= 4 is 191 Å². The highest BCUT2D eigenvalue weighted by atomic mass is 32.2. The maximum absolute atomic E-state index is 13.2. The van der Waals surface area contributed by atoms with Crippen LogP contribution in [0.5, 0.6) is 0 Å². The molecule has 1 aliphatic rings. The van der Waals surface area contributed by atoms with Crippen LogP contribution in [0.4, 0.5) is 0 Å². The summed E-state index contributed by atoms with van der Waals surface area (Å²) in [4.78, 5) is 150. The summed E-state index contributed by atoms with van der Waals surface area (Å²) in [5.74, 6) is -1.83. The first kappa shape index (κ1) is 104. The second kappa shape index (κ2) is 62.7. The molecule has 19 N–H and O–H groups in total. The Balaban J connectivity index is -0.000000467. The van der Waals surface area contributed by atoms with E-state index >= 15 is 0 Å². The number of ketones is 3. The molecule has 1 aliphatic heterocycles. The third-order valence-corrected chi connectivity index (χ3v) is 23.0. The second-order valence-electron chi connectivity index (χ2n) is 22.2. The number of rotatable bonds is 49. The van der Waals surface area contributed by atoms with Crippen molar-refractivity contribution in [3.05, 3.63) is 24.0 Å². The molecule has 1 saturated heterocycles. The van der Waals surface area contributed by atoms with Gasteiger partial charge >= 0.3 is 0 Å². The van der Waals surface area contributed by atoms with Crippen LogP contribution in [0.2, 0.25) is 0 Å². The topological polar surface area (TPSA) is 491 Å². The summed E-state index contributed by atoms with van der Waals surface area (Å²) >= 11 is 21.5. The lowest BCUT2D eigenvalue weighted by molar-refractivity contribution is -0.132. The molecule has 1 heterocycles. The molecule has 15 unspecified atom stereocenters. The lowest BCUT2D eigenvalue weighted by Crippen LogP contribution is -2.59. The fourth-order valence-corrected chi connectivity index (χ4v) is 15.4. The zero-order valence-corrected chi connectivity index (χ0v) is 69.0. The van der Waals surface area contributed by atoms with Crippen LogP contribution in [0, 0.1) is 0 Å². The molecular weight excluding hydrogens is 1540 g/mol. The van der Waals surface area contributed by atoms with E-state index in [-0.39, 0.29) is 133 Å². The van der Waals surface area contributed by atoms with Crippen molar-refractivity contribution in [1.29, 1.82) is 0 Å². The van der Waals surface area contributed by atoms with Gasteiger partial charge in [-0.25, -0.2) is 0 Å². The number of aliphatic hydroxyl groups is 7. The highest BCUT2D eigenvalue weighted by molar-refractivity contribution is 8.01. The van der Waals surface area contributed by atoms with E-state index in [1.54, 1.807) is 48.8 Å². The Hall–Kier alpha value is -3.18. The summed E-state index contributed by atoms with van der Waals surface area (Å²) in [6.07, 6.45) is 1.46. The number of Topliss-reactive ketones (excluding diaryl/α,β-unsaturated/α-hetero) is 3. The Kier molecular flexibility index (Phi) is 63.3. The highest BCUT2D eigenvalue weighted by Crippen LogP contribution is 2.21. The van der Waals surface area contributed by atoms with Crippen LogP contribution in [-0.4, -0.2) is 329 Å². The summed E-state index contributed by atoms with van der Waals surface area (Å²) in [5, 5.41) is 93.4. The van der Waals surface area contributed by atoms with E-state index in [0.29, 0.717) is 46.0 Å². The first-order chi connectivity index (χ1) is 48.7. The molecule has 0 spiro atoms. The average Bonchev–Trinajstić information content (AvgIpc) is 1.83. The van der Waals surface area contributed by atoms with Crippen molar-refractivity contribution in [2.24, 2.45) is 0 Å². The monoisotopic (exact) mass is 1650 g/mol. The number of nitrogens with one attached hydrogen (secondary N) is 12. The van der Waals surface area contributed by atoms with Crippen molar-refractivity contribution in [1.82, 2.24) is 63.8 Å². The first-order valence-corrected chi connectivity index (χ1v) is 42.2. The van der Waals surface area contributed by atoms with Gasteiger partial charge < -0.3 is 99.5 Å². The summed E-state index contributed by atoms with van der Waals surface area (Å²) in [5.41, 5.74) is -0.0864. The third-order valence-electron chi connectivity index (χ3n) is 14.0. The Morgan fingerprint density at radius 2 is 0.922 bits per heavy atom. The van der Waals surface area contributed by atoms with Crippen LogP contribution < -0.4 is 63.8 Å². The number of hydrogen-bond donors (Lipinski definition) is 22. The van der Waals surface area contributed by atoms with E-state index in [1.165, 1.54) is 109 Å². The summed E-state index contributed by atoms with van der Waals surface area (Å²) < 4.78 is 0. The fourth-order valence-electron chi connectivity index (χ4n) is 8.61. The predicted octanol–water partition coefficient (Wildman–Crippen LogP) is -3.16. The molecule has 0 saturated carbocycles. The molecule has 103 heavy (non-hydrogen) atoms. The number of hydrogen-bond acceptors (Lipinski definition) is 32. The van der Waals surface area contributed by atoms with Gasteiger partial charge in [-0.1, -0.05) is 47.3 Å². The van der Waals surface area contributed by atoms with Crippen LogP contribution in [-0.2, 0) is 57.5 Å². The van der Waals surface area contributed by atoms with Crippen LogP contribution in [0.3, 0.4) is 0 Å². The van der Waals surface area contributed by atoms with E-state index in [4.69, 9.17) is 35.7 Å². The molecule has 0 bridgehead atoms. The first-order valence-electron chi connectivity index (χ1n) is 32.7. The van der Waals surface area contributed by atoms with Gasteiger partial charge in [0.1, 0.15) is 30.2 Å². The number of likely N-dealkylation sites (N-methyl/N-ethyl adjacent to an activating group) is 3. The maximum Gasteiger partial charge on any atom is 0.271 e. The molecule has 1 rings (SSSR count). The number of carbonyl (C=O) groups is 12. The van der Waals surface area contributed by atoms with Gasteiger partial charge in [-0.2, -0.15) is 120 Å². The summed E-state index contributed by atoms with van der Waals surface area (Å²) in [6, 6.07) is -8.19. The van der Waals surface area contributed by atoms with Gasteiger partial charge in [0, 0.05) is 105 Å². The number of carbonyl (C=O) groups excluding carboxylic acids is 12. The minimum absolute atomic E-state index is 0. The molecule has 0 aromatic rings. The SMILES string of the molecule is C=C(NC(=O)C1CSC(C)C(NC)C(=O)N1)C(=O)N/C(=C\C)C(C)=O.CNC(C(=O)NC(CS)C(=O)NC(CSCCO)C(=O)NC(C(C)=O)C(C)SCCO)C(C)SCCO.CNC(C(=O)NC(CSCCO)C(=O)NC(CSCCO)C(=O)NC(C(C)=O)C(C)SCCO)C(C)S.OCCS.[HH].[HH]. The van der Waals surface area contributed by atoms with Crippen LogP contribution in [0.25, 0.3) is 0 Å². The average molecular weight is 1660 g/mol. The molecule has 31 nitrogen and oxygen atoms in total. The van der Waals surface area contributed by atoms with Crippen molar-refractivity contribution in [3.63, 3.8) is 0 Å². The number of allylic oxidation sites excluding steroid dienone is 2. The molecule has 41 heteroatoms. The van der Waals surface area contributed by atoms with E-state index < -0.39 is 108 Å². The van der Waals surface area contributed by atoms with Gasteiger partial charge in [0.15, 0.2) is 17.3 Å². The molecule has 15 atom stereocenters. The Morgan fingerprint density at radius 1 is 0.563 bits per heavy atom. The Labute approximate surface area is 655 Å². The minimum Gasteiger partial charge on any atom is -0.396 e. The van der Waals surface area contributed by atoms with Gasteiger partial charge in [-0.05, 0) is 41.9 Å². The minimum atomic E-state index is -1.04. The van der Waals surface area contributed by atoms with E-state index in [0.717, 1.165) is 0 Å². The van der Waals surface area contributed by atoms with Crippen LogP contribution in [0.15, 0.2) is 24.0 Å². The fraction of sp³-hybridized carbons (Fsp3) is 0.742. The van der Waals surface area contributed by atoms with Gasteiger partial charge in [0.2, 0.25) is 47.3 Å². The smallest absolute Gasteiger partial charge is 0.271 e. The summed E-state index contributed by atoms with van der Waals surface area (Å²) in [6.45, 7) is 17.9. The predicted molar refractivity (Wildman–Crippen MR) is 433 cm³/mol. The zero-order chi connectivity index (χ0) is 79.3. The van der Waals surface area contributed by atoms with Crippen molar-refractivity contribution < 1.29 is 96.1 Å². The molecular formula is C62H118N12O19S10. The maximum atomic E-state index is 13.2. The quantitative estimate of drug-likeness (QED) is 0.0162. The lowest BCUT2D eigenvalue weighted by Gasteiger charge is -2.28. The van der Waals surface area contributed by atoms with Crippen LogP contribution >= 0.6 is 120 Å². The van der Waals surface area contributed by atoms with E-state index in [9.17, 15) is 57.5 Å².